The van der Waals surface area contributed by atoms with Crippen molar-refractivity contribution in [3.8, 4) is 0 Å². The minimum atomic E-state index is -4.22. The van der Waals surface area contributed by atoms with Crippen LogP contribution in [0, 0.1) is 0 Å². The SMILES string of the molecule is [O]=[V][O]S(=O)(=O)[O][V]=[O]. The summed E-state index contributed by atoms with van der Waals surface area (Å²) < 4.78 is 46.3. The van der Waals surface area contributed by atoms with Gasteiger partial charge in [0.25, 0.3) is 0 Å². The Balaban J connectivity index is 4.03. The van der Waals surface area contributed by atoms with Crippen molar-refractivity contribution in [3.63, 3.8) is 0 Å². The molecule has 0 fully saturated rings. The van der Waals surface area contributed by atoms with Gasteiger partial charge in [-0.3, -0.25) is 0 Å². The third-order valence-corrected chi connectivity index (χ3v) is 3.01. The van der Waals surface area contributed by atoms with Crippen LogP contribution in [-0.4, -0.2) is 8.42 Å². The maximum absolute atomic E-state index is 10.0. The monoisotopic (exact) mass is 230 g/mol. The van der Waals surface area contributed by atoms with Crippen LogP contribution in [0.25, 0.3) is 0 Å². The molecule has 6 nitrogen and oxygen atoms in total. The Morgan fingerprint density at radius 2 is 1.33 bits per heavy atom. The Morgan fingerprint density at radius 3 is 1.56 bits per heavy atom. The van der Waals surface area contributed by atoms with E-state index in [1.165, 1.54) is 0 Å². The normalized spacial score (nSPS) is 10.7. The molecule has 52 valence electrons. The van der Waals surface area contributed by atoms with Gasteiger partial charge in [0.2, 0.25) is 0 Å². The van der Waals surface area contributed by atoms with Crippen LogP contribution < -0.4 is 0 Å². The first-order chi connectivity index (χ1) is 4.12. The second-order valence-electron chi connectivity index (χ2n) is 0.706. The molecule has 0 N–H and O–H groups in total. The van der Waals surface area contributed by atoms with Crippen LogP contribution in [-0.2, 0) is 57.1 Å². The maximum atomic E-state index is 10.0. The van der Waals surface area contributed by atoms with Gasteiger partial charge in [-0.05, 0) is 0 Å². The number of hydrogen-bond donors (Lipinski definition) is 0. The van der Waals surface area contributed by atoms with Gasteiger partial charge in [-0.1, -0.05) is 0 Å². The molecule has 0 saturated heterocycles. The zero-order valence-electron chi connectivity index (χ0n) is 3.75. The first-order valence-electron chi connectivity index (χ1n) is 1.40. The van der Waals surface area contributed by atoms with Crippen LogP contribution in [0.5, 0.6) is 0 Å². The van der Waals surface area contributed by atoms with Crippen LogP contribution in [0.4, 0.5) is 0 Å². The van der Waals surface area contributed by atoms with Crippen LogP contribution in [0.3, 0.4) is 0 Å². The molecule has 9 heavy (non-hydrogen) atoms. The summed E-state index contributed by atoms with van der Waals surface area (Å²) in [6, 6.07) is 0. The Labute approximate surface area is 65.6 Å². The minimum absolute atomic E-state index is 1.96. The number of rotatable bonds is 4. The van der Waals surface area contributed by atoms with E-state index in [0.29, 0.717) is 0 Å². The van der Waals surface area contributed by atoms with Crippen molar-refractivity contribution in [2.75, 3.05) is 0 Å². The summed E-state index contributed by atoms with van der Waals surface area (Å²) in [6.07, 6.45) is 0. The van der Waals surface area contributed by atoms with Crippen molar-refractivity contribution in [1.29, 1.82) is 0 Å². The molecule has 0 aliphatic carbocycles. The van der Waals surface area contributed by atoms with E-state index in [1.807, 2.05) is 0 Å². The predicted octanol–water partition coefficient (Wildman–Crippen LogP) is -1.05. The molecule has 0 aromatic carbocycles. The molecule has 0 aromatic heterocycles. The predicted molar refractivity (Wildman–Crippen MR) is 12.5 cm³/mol. The van der Waals surface area contributed by atoms with Crippen LogP contribution in [0.1, 0.15) is 0 Å². The second kappa shape index (κ2) is 4.45. The van der Waals surface area contributed by atoms with Gasteiger partial charge in [-0.2, -0.15) is 0 Å². The van der Waals surface area contributed by atoms with E-state index in [0.717, 1.165) is 0 Å². The molecule has 0 radical (unpaired) electrons. The van der Waals surface area contributed by atoms with E-state index in [9.17, 15) is 15.8 Å². The molecule has 0 rings (SSSR count). The number of hydrogen-bond acceptors (Lipinski definition) is 6. The average molecular weight is 230 g/mol. The van der Waals surface area contributed by atoms with E-state index in [1.54, 1.807) is 0 Å². The molecule has 9 heteroatoms. The van der Waals surface area contributed by atoms with Crippen LogP contribution >= 0.6 is 0 Å². The summed E-state index contributed by atoms with van der Waals surface area (Å²) in [5, 5.41) is 0. The topological polar surface area (TPSA) is 86.7 Å². The molecule has 0 aromatic rings. The molecule has 0 heterocycles. The summed E-state index contributed by atoms with van der Waals surface area (Å²) in [7, 11) is -4.22. The van der Waals surface area contributed by atoms with Crippen LogP contribution in [0.2, 0.25) is 0 Å². The fourth-order valence-corrected chi connectivity index (χ4v) is 1.62. The quantitative estimate of drug-likeness (QED) is 0.612. The summed E-state index contributed by atoms with van der Waals surface area (Å²) in [5.41, 5.74) is 0. The molecule has 0 atom stereocenters. The first kappa shape index (κ1) is 9.64. The third kappa shape index (κ3) is 5.10. The molecule has 0 aliphatic heterocycles. The third-order valence-electron chi connectivity index (χ3n) is 0.243. The fourth-order valence-electron chi connectivity index (χ4n) is 0.0881. The van der Waals surface area contributed by atoms with Gasteiger partial charge in [0.15, 0.2) is 0 Å². The van der Waals surface area contributed by atoms with E-state index >= 15 is 0 Å². The van der Waals surface area contributed by atoms with Crippen molar-refractivity contribution in [2.45, 2.75) is 0 Å². The van der Waals surface area contributed by atoms with Gasteiger partial charge >= 0.3 is 65.6 Å². The Bertz CT molecular complexity index is 173. The zero-order chi connectivity index (χ0) is 7.33. The van der Waals surface area contributed by atoms with Crippen molar-refractivity contribution in [1.82, 2.24) is 0 Å². The van der Waals surface area contributed by atoms with Crippen molar-refractivity contribution in [2.24, 2.45) is 0 Å². The zero-order valence-corrected chi connectivity index (χ0v) is 7.36. The van der Waals surface area contributed by atoms with Crippen molar-refractivity contribution < 1.29 is 55.2 Å². The van der Waals surface area contributed by atoms with Gasteiger partial charge in [0.1, 0.15) is 0 Å². The summed E-state index contributed by atoms with van der Waals surface area (Å²) in [5.74, 6) is 0. The van der Waals surface area contributed by atoms with E-state index in [-0.39, 0.29) is 0 Å². The molecule has 0 bridgehead atoms. The van der Waals surface area contributed by atoms with Gasteiger partial charge in [0, 0.05) is 0 Å². The Hall–Kier alpha value is 0.639. The molecule has 0 unspecified atom stereocenters. The first-order valence-corrected chi connectivity index (χ1v) is 5.01. The molecule has 0 saturated carbocycles. The average Bonchev–Trinajstić information content (AvgIpc) is 1.64. The van der Waals surface area contributed by atoms with Gasteiger partial charge < -0.3 is 0 Å². The molecular weight excluding hydrogens is 230 g/mol. The summed E-state index contributed by atoms with van der Waals surface area (Å²) in [6.45, 7) is 0. The Morgan fingerprint density at radius 1 is 1.00 bits per heavy atom. The van der Waals surface area contributed by atoms with Crippen molar-refractivity contribution >= 4 is 10.4 Å². The Kier molecular flexibility index (Phi) is 4.77. The second-order valence-corrected chi connectivity index (χ2v) is 3.68. The molecule has 0 amide bonds. The fraction of sp³-hybridized carbons (Fsp3) is 0. The van der Waals surface area contributed by atoms with Gasteiger partial charge in [-0.15, -0.1) is 0 Å². The summed E-state index contributed by atoms with van der Waals surface area (Å²) in [4.78, 5) is 0. The molecule has 0 aliphatic rings. The van der Waals surface area contributed by atoms with E-state index in [2.05, 4.69) is 6.22 Å². The van der Waals surface area contributed by atoms with Gasteiger partial charge in [-0.25, -0.2) is 0 Å². The van der Waals surface area contributed by atoms with E-state index < -0.39 is 43.6 Å². The standard InChI is InChI=1S/H2O4S.2O.2V/c1-5(2,3)4;;;;/h(H2,1,2,3,4);;;;/q;;;2*+1/p-2. The van der Waals surface area contributed by atoms with Crippen LogP contribution in [0.15, 0.2) is 0 Å². The van der Waals surface area contributed by atoms with E-state index in [4.69, 9.17) is 0 Å². The molecule has 0 spiro atoms. The molecular formula is O6SV2. The van der Waals surface area contributed by atoms with Crippen molar-refractivity contribution in [3.05, 3.63) is 0 Å². The summed E-state index contributed by atoms with van der Waals surface area (Å²) >= 11 is -3.92. The van der Waals surface area contributed by atoms with Gasteiger partial charge in [0.05, 0.1) is 0 Å².